The van der Waals surface area contributed by atoms with Crippen LogP contribution in [0.15, 0.2) is 12.2 Å². The molecule has 1 heterocycles. The molecular formula is C15H25N3O7. The molecule has 1 aliphatic heterocycles. The maximum absolute atomic E-state index is 11.6. The van der Waals surface area contributed by atoms with Gasteiger partial charge in [-0.2, -0.15) is 0 Å². The number of amides is 3. The zero-order valence-electron chi connectivity index (χ0n) is 14.1. The Balaban J connectivity index is 1.85. The van der Waals surface area contributed by atoms with Crippen LogP contribution >= 0.6 is 0 Å². The third-order valence-corrected chi connectivity index (χ3v) is 3.12. The molecule has 0 unspecified atom stereocenters. The third kappa shape index (κ3) is 9.89. The number of hydrogen-bond acceptors (Lipinski definition) is 8. The van der Waals surface area contributed by atoms with Gasteiger partial charge >= 0.3 is 0 Å². The van der Waals surface area contributed by atoms with E-state index in [1.165, 1.54) is 12.2 Å². The first-order valence-electron chi connectivity index (χ1n) is 8.00. The summed E-state index contributed by atoms with van der Waals surface area (Å²) in [4.78, 5) is 39.6. The van der Waals surface area contributed by atoms with E-state index in [9.17, 15) is 14.4 Å². The van der Waals surface area contributed by atoms with Crippen molar-refractivity contribution < 1.29 is 33.4 Å². The Hall–Kier alpha value is -1.85. The van der Waals surface area contributed by atoms with Crippen LogP contribution in [0.4, 0.5) is 0 Å². The molecule has 1 rings (SSSR count). The molecular weight excluding hydrogens is 334 g/mol. The number of nitrogens with one attached hydrogen (secondary N) is 1. The monoisotopic (exact) mass is 359 g/mol. The van der Waals surface area contributed by atoms with Crippen LogP contribution in [-0.4, -0.2) is 82.0 Å². The second-order valence-electron chi connectivity index (χ2n) is 4.97. The predicted octanol–water partition coefficient (Wildman–Crippen LogP) is -1.64. The maximum atomic E-state index is 11.6. The molecule has 0 fully saturated rings. The zero-order chi connectivity index (χ0) is 18.3. The van der Waals surface area contributed by atoms with Crippen LogP contribution in [0.5, 0.6) is 0 Å². The highest BCUT2D eigenvalue weighted by Gasteiger charge is 2.23. The number of carbonyl (C=O) groups is 3. The van der Waals surface area contributed by atoms with Crippen molar-refractivity contribution in [3.05, 3.63) is 12.2 Å². The van der Waals surface area contributed by atoms with E-state index in [4.69, 9.17) is 20.1 Å². The van der Waals surface area contributed by atoms with Gasteiger partial charge in [0.1, 0.15) is 0 Å². The molecule has 1 aliphatic rings. The lowest BCUT2D eigenvalue weighted by Crippen LogP contribution is -2.35. The minimum absolute atomic E-state index is 0.0669. The molecule has 142 valence electrons. The van der Waals surface area contributed by atoms with Crippen LogP contribution in [0.3, 0.4) is 0 Å². The van der Waals surface area contributed by atoms with Gasteiger partial charge in [0.15, 0.2) is 0 Å². The van der Waals surface area contributed by atoms with Gasteiger partial charge in [-0.05, 0) is 0 Å². The molecule has 10 heteroatoms. The van der Waals surface area contributed by atoms with Crippen LogP contribution in [-0.2, 0) is 33.4 Å². The van der Waals surface area contributed by atoms with Crippen molar-refractivity contribution in [2.24, 2.45) is 5.90 Å². The molecule has 10 nitrogen and oxygen atoms in total. The summed E-state index contributed by atoms with van der Waals surface area (Å²) in [6, 6.07) is 0. The standard InChI is InChI=1S/C15H25N3O7/c16-25-12-11-24-10-9-23-8-7-22-6-4-17-13(19)3-5-18-14(20)1-2-15(18)21/h1-2H,3-12,16H2,(H,17,19). The molecule has 0 aromatic rings. The fraction of sp³-hybridized carbons (Fsp3) is 0.667. The van der Waals surface area contributed by atoms with Gasteiger partial charge in [0.25, 0.3) is 11.8 Å². The van der Waals surface area contributed by atoms with Crippen molar-refractivity contribution in [3.63, 3.8) is 0 Å². The Morgan fingerprint density at radius 3 is 2.00 bits per heavy atom. The van der Waals surface area contributed by atoms with Gasteiger partial charge in [0, 0.05) is 31.7 Å². The average Bonchev–Trinajstić information content (AvgIpc) is 2.92. The highest BCUT2D eigenvalue weighted by molar-refractivity contribution is 6.13. The lowest BCUT2D eigenvalue weighted by molar-refractivity contribution is -0.137. The largest absolute Gasteiger partial charge is 0.377 e. The molecule has 0 saturated heterocycles. The van der Waals surface area contributed by atoms with E-state index in [1.54, 1.807) is 0 Å². The lowest BCUT2D eigenvalue weighted by Gasteiger charge is -2.13. The topological polar surface area (TPSA) is 129 Å². The van der Waals surface area contributed by atoms with E-state index in [-0.39, 0.29) is 30.7 Å². The highest BCUT2D eigenvalue weighted by atomic mass is 16.6. The van der Waals surface area contributed by atoms with Crippen molar-refractivity contribution in [2.45, 2.75) is 6.42 Å². The number of nitrogens with two attached hydrogens (primary N) is 1. The molecule has 3 amide bonds. The van der Waals surface area contributed by atoms with Crippen molar-refractivity contribution in [1.82, 2.24) is 10.2 Å². The Bertz CT molecular complexity index is 438. The summed E-state index contributed by atoms with van der Waals surface area (Å²) >= 11 is 0. The SMILES string of the molecule is NOCCOCCOCCOCCNC(=O)CCN1C(=O)C=CC1=O. The third-order valence-electron chi connectivity index (χ3n) is 3.12. The number of imide groups is 1. The van der Waals surface area contributed by atoms with E-state index in [0.29, 0.717) is 52.8 Å². The minimum atomic E-state index is -0.390. The first kappa shape index (κ1) is 21.2. The van der Waals surface area contributed by atoms with Crippen LogP contribution < -0.4 is 11.2 Å². The van der Waals surface area contributed by atoms with E-state index in [2.05, 4.69) is 10.2 Å². The Labute approximate surface area is 146 Å². The molecule has 0 aromatic heterocycles. The summed E-state index contributed by atoms with van der Waals surface area (Å²) < 4.78 is 15.7. The smallest absolute Gasteiger partial charge is 0.253 e. The first-order chi connectivity index (χ1) is 12.1. The van der Waals surface area contributed by atoms with Crippen molar-refractivity contribution in [3.8, 4) is 0 Å². The molecule has 0 bridgehead atoms. The second kappa shape index (κ2) is 13.4. The minimum Gasteiger partial charge on any atom is -0.377 e. The van der Waals surface area contributed by atoms with Gasteiger partial charge in [-0.3, -0.25) is 19.3 Å². The highest BCUT2D eigenvalue weighted by Crippen LogP contribution is 2.03. The summed E-state index contributed by atoms with van der Waals surface area (Å²) in [5, 5.41) is 2.65. The molecule has 0 saturated carbocycles. The van der Waals surface area contributed by atoms with Gasteiger partial charge in [-0.1, -0.05) is 0 Å². The number of ether oxygens (including phenoxy) is 3. The predicted molar refractivity (Wildman–Crippen MR) is 86.1 cm³/mol. The number of hydrogen-bond donors (Lipinski definition) is 2. The van der Waals surface area contributed by atoms with Crippen LogP contribution in [0.1, 0.15) is 6.42 Å². The molecule has 0 radical (unpaired) electrons. The summed E-state index contributed by atoms with van der Waals surface area (Å²) in [5.74, 6) is 3.81. The van der Waals surface area contributed by atoms with Crippen molar-refractivity contribution in [1.29, 1.82) is 0 Å². The van der Waals surface area contributed by atoms with E-state index < -0.39 is 0 Å². The number of carbonyl (C=O) groups excluding carboxylic acids is 3. The first-order valence-corrected chi connectivity index (χ1v) is 8.00. The fourth-order valence-electron chi connectivity index (χ4n) is 1.86. The normalized spacial score (nSPS) is 13.7. The van der Waals surface area contributed by atoms with Crippen LogP contribution in [0.25, 0.3) is 0 Å². The molecule has 25 heavy (non-hydrogen) atoms. The van der Waals surface area contributed by atoms with Crippen molar-refractivity contribution >= 4 is 17.7 Å². The van der Waals surface area contributed by atoms with Crippen LogP contribution in [0, 0.1) is 0 Å². The quantitative estimate of drug-likeness (QED) is 0.202. The Morgan fingerprint density at radius 2 is 1.44 bits per heavy atom. The summed E-state index contributed by atoms with van der Waals surface area (Å²) in [7, 11) is 0. The molecule has 3 N–H and O–H groups in total. The van der Waals surface area contributed by atoms with Gasteiger partial charge < -0.3 is 24.4 Å². The second-order valence-corrected chi connectivity index (χ2v) is 4.97. The van der Waals surface area contributed by atoms with Gasteiger partial charge in [-0.25, -0.2) is 5.90 Å². The van der Waals surface area contributed by atoms with E-state index >= 15 is 0 Å². The van der Waals surface area contributed by atoms with Gasteiger partial charge in [0.05, 0.1) is 46.2 Å². The molecule has 0 atom stereocenters. The van der Waals surface area contributed by atoms with Gasteiger partial charge in [0.2, 0.25) is 5.91 Å². The van der Waals surface area contributed by atoms with E-state index in [0.717, 1.165) is 4.90 Å². The summed E-state index contributed by atoms with van der Waals surface area (Å²) in [5.41, 5.74) is 0. The Kier molecular flexibility index (Phi) is 11.4. The Morgan fingerprint density at radius 1 is 0.920 bits per heavy atom. The van der Waals surface area contributed by atoms with Gasteiger partial charge in [-0.15, -0.1) is 0 Å². The van der Waals surface area contributed by atoms with Crippen molar-refractivity contribution in [2.75, 3.05) is 59.3 Å². The zero-order valence-corrected chi connectivity index (χ0v) is 14.1. The molecule has 0 aliphatic carbocycles. The number of nitrogens with zero attached hydrogens (tertiary/aromatic N) is 1. The average molecular weight is 359 g/mol. The fourth-order valence-corrected chi connectivity index (χ4v) is 1.86. The summed E-state index contributed by atoms with van der Waals surface area (Å²) in [6.45, 7) is 3.28. The lowest BCUT2D eigenvalue weighted by atomic mass is 10.3. The van der Waals surface area contributed by atoms with E-state index in [1.807, 2.05) is 0 Å². The molecule has 0 spiro atoms. The summed E-state index contributed by atoms with van der Waals surface area (Å²) in [6.07, 6.45) is 2.45. The maximum Gasteiger partial charge on any atom is 0.253 e. The number of rotatable bonds is 15. The van der Waals surface area contributed by atoms with Crippen LogP contribution in [0.2, 0.25) is 0 Å². The molecule has 0 aromatic carbocycles.